The van der Waals surface area contributed by atoms with Crippen molar-refractivity contribution >= 4 is 23.7 Å². The summed E-state index contributed by atoms with van der Waals surface area (Å²) in [7, 11) is 0. The molecule has 1 rings (SSSR count). The third kappa shape index (κ3) is 2.29. The maximum atomic E-state index is 5.39. The van der Waals surface area contributed by atoms with Crippen molar-refractivity contribution in [3.8, 4) is 0 Å². The largest absolute Gasteiger partial charge is 0.330 e. The molecule has 0 unspecified atom stereocenters. The molecule has 0 saturated carbocycles. The number of thiophene rings is 1. The lowest BCUT2D eigenvalue weighted by Crippen LogP contribution is -2.02. The monoisotopic (exact) mass is 177 g/mol. The number of halogens is 1. The number of aryl methyl sites for hydroxylation is 1. The minimum atomic E-state index is 0. The zero-order valence-corrected chi connectivity index (χ0v) is 7.60. The molecule has 3 heteroatoms. The highest BCUT2D eigenvalue weighted by Gasteiger charge is 1.95. The molecule has 1 heterocycles. The predicted octanol–water partition coefficient (Wildman–Crippen LogP) is 1.98. The number of hydrogen-bond acceptors (Lipinski definition) is 2. The van der Waals surface area contributed by atoms with Gasteiger partial charge in [0, 0.05) is 4.88 Å². The van der Waals surface area contributed by atoms with E-state index in [1.165, 1.54) is 10.4 Å². The van der Waals surface area contributed by atoms with Crippen LogP contribution in [0.15, 0.2) is 11.4 Å². The lowest BCUT2D eigenvalue weighted by atomic mass is 10.2. The Morgan fingerprint density at radius 1 is 1.60 bits per heavy atom. The maximum absolute atomic E-state index is 5.39. The molecule has 0 aliphatic carbocycles. The van der Waals surface area contributed by atoms with Crippen LogP contribution in [0.4, 0.5) is 0 Å². The topological polar surface area (TPSA) is 26.0 Å². The lowest BCUT2D eigenvalue weighted by molar-refractivity contribution is 0.967. The molecule has 1 nitrogen and oxygen atoms in total. The molecule has 0 saturated heterocycles. The molecule has 2 N–H and O–H groups in total. The first kappa shape index (κ1) is 9.95. The van der Waals surface area contributed by atoms with Crippen LogP contribution in [0.2, 0.25) is 0 Å². The highest BCUT2D eigenvalue weighted by Crippen LogP contribution is 2.14. The molecule has 0 atom stereocenters. The SMILES string of the molecule is Cc1sccc1CCN.Cl. The molecule has 0 aromatic carbocycles. The molecule has 1 aromatic heterocycles. The van der Waals surface area contributed by atoms with Crippen molar-refractivity contribution in [3.05, 3.63) is 21.9 Å². The van der Waals surface area contributed by atoms with Gasteiger partial charge in [0.15, 0.2) is 0 Å². The van der Waals surface area contributed by atoms with Crippen LogP contribution in [0.25, 0.3) is 0 Å². The standard InChI is InChI=1S/C7H11NS.ClH/c1-6-7(2-4-8)3-5-9-6;/h3,5H,2,4,8H2,1H3;1H. The van der Waals surface area contributed by atoms with E-state index in [1.807, 2.05) is 0 Å². The second kappa shape index (κ2) is 4.72. The number of nitrogens with two attached hydrogens (primary N) is 1. The van der Waals surface area contributed by atoms with Gasteiger partial charge in [-0.2, -0.15) is 0 Å². The van der Waals surface area contributed by atoms with Crippen LogP contribution < -0.4 is 5.73 Å². The smallest absolute Gasteiger partial charge is 0.00466 e. The second-order valence-corrected chi connectivity index (χ2v) is 3.16. The summed E-state index contributed by atoms with van der Waals surface area (Å²) in [6.07, 6.45) is 1.02. The molecule has 0 spiro atoms. The fourth-order valence-electron chi connectivity index (χ4n) is 0.826. The third-order valence-electron chi connectivity index (χ3n) is 1.38. The van der Waals surface area contributed by atoms with E-state index in [-0.39, 0.29) is 12.4 Å². The van der Waals surface area contributed by atoms with Crippen molar-refractivity contribution in [2.75, 3.05) is 6.54 Å². The highest BCUT2D eigenvalue weighted by atomic mass is 35.5. The van der Waals surface area contributed by atoms with Gasteiger partial charge in [-0.3, -0.25) is 0 Å². The van der Waals surface area contributed by atoms with Gasteiger partial charge in [0.05, 0.1) is 0 Å². The fraction of sp³-hybridized carbons (Fsp3) is 0.429. The molecule has 10 heavy (non-hydrogen) atoms. The highest BCUT2D eigenvalue weighted by molar-refractivity contribution is 7.10. The van der Waals surface area contributed by atoms with Crippen LogP contribution in [0, 0.1) is 6.92 Å². The van der Waals surface area contributed by atoms with Gasteiger partial charge in [-0.1, -0.05) is 0 Å². The Morgan fingerprint density at radius 3 is 2.70 bits per heavy atom. The minimum Gasteiger partial charge on any atom is -0.330 e. The van der Waals surface area contributed by atoms with Crippen LogP contribution in [0.3, 0.4) is 0 Å². The van der Waals surface area contributed by atoms with Gasteiger partial charge in [0.1, 0.15) is 0 Å². The summed E-state index contributed by atoms with van der Waals surface area (Å²) in [4.78, 5) is 1.40. The molecule has 0 aliphatic heterocycles. The molecular weight excluding hydrogens is 166 g/mol. The third-order valence-corrected chi connectivity index (χ3v) is 2.27. The van der Waals surface area contributed by atoms with E-state index in [0.717, 1.165) is 13.0 Å². The van der Waals surface area contributed by atoms with Crippen LogP contribution in [0.1, 0.15) is 10.4 Å². The van der Waals surface area contributed by atoms with E-state index in [2.05, 4.69) is 18.4 Å². The molecule has 1 aromatic rings. The number of hydrogen-bond donors (Lipinski definition) is 1. The summed E-state index contributed by atoms with van der Waals surface area (Å²) in [5.74, 6) is 0. The Labute approximate surface area is 71.7 Å². The van der Waals surface area contributed by atoms with E-state index < -0.39 is 0 Å². The molecule has 0 radical (unpaired) electrons. The molecular formula is C7H12ClNS. The predicted molar refractivity (Wildman–Crippen MR) is 49.1 cm³/mol. The lowest BCUT2D eigenvalue weighted by Gasteiger charge is -1.92. The van der Waals surface area contributed by atoms with Crippen LogP contribution in [0.5, 0.6) is 0 Å². The normalized spacial score (nSPS) is 9.00. The average Bonchev–Trinajstić information content (AvgIpc) is 2.18. The summed E-state index contributed by atoms with van der Waals surface area (Å²) >= 11 is 1.79. The summed E-state index contributed by atoms with van der Waals surface area (Å²) in [5.41, 5.74) is 6.80. The van der Waals surface area contributed by atoms with Crippen molar-refractivity contribution in [1.82, 2.24) is 0 Å². The van der Waals surface area contributed by atoms with Gasteiger partial charge in [-0.25, -0.2) is 0 Å². The molecule has 0 amide bonds. The summed E-state index contributed by atoms with van der Waals surface area (Å²) < 4.78 is 0. The first-order valence-electron chi connectivity index (χ1n) is 3.07. The van der Waals surface area contributed by atoms with Crippen molar-refractivity contribution in [2.24, 2.45) is 5.73 Å². The molecule has 0 aliphatic rings. The minimum absolute atomic E-state index is 0. The Kier molecular flexibility index (Phi) is 4.69. The van der Waals surface area contributed by atoms with E-state index in [9.17, 15) is 0 Å². The van der Waals surface area contributed by atoms with Crippen molar-refractivity contribution in [2.45, 2.75) is 13.3 Å². The van der Waals surface area contributed by atoms with Crippen LogP contribution in [-0.2, 0) is 6.42 Å². The van der Waals surface area contributed by atoms with E-state index in [0.29, 0.717) is 0 Å². The first-order chi connectivity index (χ1) is 4.34. The summed E-state index contributed by atoms with van der Waals surface area (Å²) in [5, 5.41) is 2.11. The average molecular weight is 178 g/mol. The fourth-order valence-corrected chi connectivity index (χ4v) is 1.58. The molecule has 0 bridgehead atoms. The van der Waals surface area contributed by atoms with Gasteiger partial charge in [0.25, 0.3) is 0 Å². The van der Waals surface area contributed by atoms with Crippen molar-refractivity contribution in [1.29, 1.82) is 0 Å². The Balaban J connectivity index is 0.000000810. The zero-order valence-electron chi connectivity index (χ0n) is 5.96. The van der Waals surface area contributed by atoms with E-state index in [4.69, 9.17) is 5.73 Å². The number of rotatable bonds is 2. The molecule has 58 valence electrons. The van der Waals surface area contributed by atoms with Gasteiger partial charge >= 0.3 is 0 Å². The van der Waals surface area contributed by atoms with E-state index in [1.54, 1.807) is 11.3 Å². The van der Waals surface area contributed by atoms with Gasteiger partial charge in [-0.15, -0.1) is 23.7 Å². The maximum Gasteiger partial charge on any atom is 0.00466 e. The Morgan fingerprint density at radius 2 is 2.30 bits per heavy atom. The zero-order chi connectivity index (χ0) is 6.69. The van der Waals surface area contributed by atoms with Crippen LogP contribution >= 0.6 is 23.7 Å². The second-order valence-electron chi connectivity index (χ2n) is 2.04. The molecule has 0 fully saturated rings. The van der Waals surface area contributed by atoms with Crippen molar-refractivity contribution in [3.63, 3.8) is 0 Å². The summed E-state index contributed by atoms with van der Waals surface area (Å²) in [6.45, 7) is 2.90. The first-order valence-corrected chi connectivity index (χ1v) is 3.95. The van der Waals surface area contributed by atoms with Gasteiger partial charge in [-0.05, 0) is 36.9 Å². The summed E-state index contributed by atoms with van der Waals surface area (Å²) in [6, 6.07) is 2.15. The van der Waals surface area contributed by atoms with Gasteiger partial charge in [0.2, 0.25) is 0 Å². The Hall–Kier alpha value is -0.0500. The van der Waals surface area contributed by atoms with Crippen LogP contribution in [-0.4, -0.2) is 6.54 Å². The van der Waals surface area contributed by atoms with Crippen molar-refractivity contribution < 1.29 is 0 Å². The quantitative estimate of drug-likeness (QED) is 0.735. The van der Waals surface area contributed by atoms with E-state index >= 15 is 0 Å². The van der Waals surface area contributed by atoms with Gasteiger partial charge < -0.3 is 5.73 Å². The Bertz CT molecular complexity index is 185.